The van der Waals surface area contributed by atoms with Crippen LogP contribution in [-0.4, -0.2) is 9.89 Å². The van der Waals surface area contributed by atoms with Gasteiger partial charge in [0.15, 0.2) is 0 Å². The molecule has 8 heteroatoms. The third-order valence-electron chi connectivity index (χ3n) is 2.71. The summed E-state index contributed by atoms with van der Waals surface area (Å²) < 4.78 is 37.7. The van der Waals surface area contributed by atoms with Crippen LogP contribution in [0.1, 0.15) is 11.1 Å². The summed E-state index contributed by atoms with van der Waals surface area (Å²) in [5.41, 5.74) is 0.175. The number of nitrogens with zero attached hydrogens (tertiary/aromatic N) is 5. The maximum Gasteiger partial charge on any atom is 0.416 e. The van der Waals surface area contributed by atoms with E-state index < -0.39 is 11.7 Å². The fourth-order valence-electron chi connectivity index (χ4n) is 1.76. The largest absolute Gasteiger partial charge is 0.416 e. The number of alkyl halides is 3. The third-order valence-corrected chi connectivity index (χ3v) is 2.71. The lowest BCUT2D eigenvalue weighted by molar-refractivity contribution is -0.137. The van der Waals surface area contributed by atoms with E-state index in [1.54, 1.807) is 18.5 Å². The number of halogens is 3. The fraction of sp³-hybridized carbons (Fsp3) is 0.182. The lowest BCUT2D eigenvalue weighted by Crippen LogP contribution is -2.30. The third kappa shape index (κ3) is 2.16. The Morgan fingerprint density at radius 1 is 1.21 bits per heavy atom. The molecule has 0 saturated carbocycles. The fourth-order valence-corrected chi connectivity index (χ4v) is 1.76. The Balaban J connectivity index is 1.92. The summed E-state index contributed by atoms with van der Waals surface area (Å²) in [5, 5.41) is 13.1. The minimum Gasteiger partial charge on any atom is -0.166 e. The van der Waals surface area contributed by atoms with Crippen LogP contribution in [0, 0.1) is 0 Å². The van der Waals surface area contributed by atoms with Gasteiger partial charge in [-0.15, -0.1) is 5.11 Å². The Morgan fingerprint density at radius 2 is 2.05 bits per heavy atom. The molecule has 0 saturated heterocycles. The molecular weight excluding hydrogens is 259 g/mol. The molecule has 0 atom stereocenters. The molecule has 1 aliphatic rings. The number of aromatic nitrogens is 2. The minimum atomic E-state index is -4.37. The molecule has 3 rings (SSSR count). The van der Waals surface area contributed by atoms with Crippen LogP contribution < -0.4 is 5.12 Å². The van der Waals surface area contributed by atoms with E-state index >= 15 is 0 Å². The van der Waals surface area contributed by atoms with Gasteiger partial charge in [0.25, 0.3) is 0 Å². The van der Waals surface area contributed by atoms with Gasteiger partial charge in [0.1, 0.15) is 0 Å². The molecule has 5 nitrogen and oxygen atoms in total. The highest BCUT2D eigenvalue weighted by Gasteiger charge is 2.31. The van der Waals surface area contributed by atoms with Gasteiger partial charge in [-0.2, -0.15) is 28.2 Å². The van der Waals surface area contributed by atoms with Crippen molar-refractivity contribution in [1.82, 2.24) is 9.89 Å². The second-order valence-electron chi connectivity index (χ2n) is 3.99. The zero-order chi connectivity index (χ0) is 13.5. The average Bonchev–Trinajstić information content (AvgIpc) is 2.90. The molecule has 2 aromatic rings. The Labute approximate surface area is 105 Å². The highest BCUT2D eigenvalue weighted by Crippen LogP contribution is 2.34. The zero-order valence-electron chi connectivity index (χ0n) is 9.54. The first-order valence-electron chi connectivity index (χ1n) is 5.43. The van der Waals surface area contributed by atoms with Crippen LogP contribution in [-0.2, 0) is 12.7 Å². The van der Waals surface area contributed by atoms with Gasteiger partial charge in [-0.1, -0.05) is 6.07 Å². The molecule has 0 unspecified atom stereocenters. The van der Waals surface area contributed by atoms with Crippen LogP contribution in [0.3, 0.4) is 0 Å². The molecular formula is C11H8F3N5. The van der Waals surface area contributed by atoms with Gasteiger partial charge in [-0.25, -0.2) is 0 Å². The summed E-state index contributed by atoms with van der Waals surface area (Å²) in [6.45, 7) is 0.318. The van der Waals surface area contributed by atoms with E-state index in [-0.39, 0.29) is 5.69 Å². The summed E-state index contributed by atoms with van der Waals surface area (Å²) in [5.74, 6) is 0. The molecule has 0 spiro atoms. The number of rotatable bonds is 1. The van der Waals surface area contributed by atoms with Crippen LogP contribution in [0.4, 0.5) is 18.9 Å². The van der Waals surface area contributed by atoms with E-state index in [2.05, 4.69) is 15.4 Å². The van der Waals surface area contributed by atoms with Gasteiger partial charge in [0.05, 0.1) is 30.2 Å². The standard InChI is InChI=1S/C11H8F3N5/c12-11(13,14)9-3-2-8-7-19(17-16-10(8)6-9)18-5-1-4-15-18/h1-6H,7H2. The molecule has 0 radical (unpaired) electrons. The topological polar surface area (TPSA) is 45.8 Å². The van der Waals surface area contributed by atoms with E-state index in [9.17, 15) is 13.2 Å². The molecule has 0 amide bonds. The van der Waals surface area contributed by atoms with Gasteiger partial charge < -0.3 is 0 Å². The molecule has 0 aliphatic carbocycles. The molecule has 0 N–H and O–H groups in total. The highest BCUT2D eigenvalue weighted by molar-refractivity contribution is 5.50. The van der Waals surface area contributed by atoms with Gasteiger partial charge in [0, 0.05) is 5.56 Å². The van der Waals surface area contributed by atoms with E-state index in [1.807, 2.05) is 0 Å². The Kier molecular flexibility index (Phi) is 2.51. The van der Waals surface area contributed by atoms with Gasteiger partial charge in [0.2, 0.25) is 0 Å². The number of hydrogen-bond acceptors (Lipinski definition) is 4. The van der Waals surface area contributed by atoms with Gasteiger partial charge in [-0.3, -0.25) is 0 Å². The Hall–Kier alpha value is -2.38. The van der Waals surface area contributed by atoms with Crippen LogP contribution in [0.25, 0.3) is 0 Å². The Morgan fingerprint density at radius 3 is 2.74 bits per heavy atom. The minimum absolute atomic E-state index is 0.234. The predicted molar refractivity (Wildman–Crippen MR) is 60.1 cm³/mol. The smallest absolute Gasteiger partial charge is 0.166 e. The maximum absolute atomic E-state index is 12.6. The SMILES string of the molecule is FC(F)(F)c1ccc2c(c1)N=NN(n1cccn1)C2. The van der Waals surface area contributed by atoms with E-state index in [0.717, 1.165) is 12.1 Å². The van der Waals surface area contributed by atoms with Crippen molar-refractivity contribution >= 4 is 5.69 Å². The van der Waals surface area contributed by atoms with Crippen LogP contribution in [0.2, 0.25) is 0 Å². The van der Waals surface area contributed by atoms with Crippen molar-refractivity contribution in [3.8, 4) is 0 Å². The van der Waals surface area contributed by atoms with Crippen molar-refractivity contribution < 1.29 is 13.2 Å². The lowest BCUT2D eigenvalue weighted by Gasteiger charge is -2.22. The molecule has 98 valence electrons. The van der Waals surface area contributed by atoms with E-state index in [1.165, 1.54) is 16.0 Å². The molecule has 0 fully saturated rings. The van der Waals surface area contributed by atoms with Crippen molar-refractivity contribution in [2.45, 2.75) is 12.7 Å². The van der Waals surface area contributed by atoms with Crippen LogP contribution >= 0.6 is 0 Å². The summed E-state index contributed by atoms with van der Waals surface area (Å²) in [6.07, 6.45) is -1.12. The molecule has 2 heterocycles. The van der Waals surface area contributed by atoms with Crippen molar-refractivity contribution in [1.29, 1.82) is 0 Å². The molecule has 1 aromatic heterocycles. The summed E-state index contributed by atoms with van der Waals surface area (Å²) in [7, 11) is 0. The summed E-state index contributed by atoms with van der Waals surface area (Å²) in [4.78, 5) is 1.46. The van der Waals surface area contributed by atoms with Crippen molar-refractivity contribution in [3.05, 3.63) is 47.8 Å². The first-order valence-corrected chi connectivity index (χ1v) is 5.43. The summed E-state index contributed by atoms with van der Waals surface area (Å²) in [6, 6.07) is 5.17. The lowest BCUT2D eigenvalue weighted by atomic mass is 10.1. The van der Waals surface area contributed by atoms with Crippen LogP contribution in [0.5, 0.6) is 0 Å². The van der Waals surface area contributed by atoms with Gasteiger partial charge in [-0.05, 0) is 23.4 Å². The monoisotopic (exact) mass is 267 g/mol. The highest BCUT2D eigenvalue weighted by atomic mass is 19.4. The van der Waals surface area contributed by atoms with Gasteiger partial charge >= 0.3 is 6.18 Å². The number of fused-ring (bicyclic) bond motifs is 1. The first-order chi connectivity index (χ1) is 9.04. The first kappa shape index (κ1) is 11.7. The summed E-state index contributed by atoms with van der Waals surface area (Å²) >= 11 is 0. The molecule has 1 aliphatic heterocycles. The van der Waals surface area contributed by atoms with Crippen molar-refractivity contribution in [2.75, 3.05) is 5.12 Å². The second kappa shape index (κ2) is 4.08. The van der Waals surface area contributed by atoms with E-state index in [4.69, 9.17) is 0 Å². The zero-order valence-corrected chi connectivity index (χ0v) is 9.54. The average molecular weight is 267 g/mol. The molecule has 19 heavy (non-hydrogen) atoms. The number of hydrogen-bond donors (Lipinski definition) is 0. The molecule has 1 aromatic carbocycles. The maximum atomic E-state index is 12.6. The predicted octanol–water partition coefficient (Wildman–Crippen LogP) is 3.05. The molecule has 0 bridgehead atoms. The van der Waals surface area contributed by atoms with Crippen molar-refractivity contribution in [3.63, 3.8) is 0 Å². The van der Waals surface area contributed by atoms with Crippen LogP contribution in [0.15, 0.2) is 47.0 Å². The van der Waals surface area contributed by atoms with E-state index in [0.29, 0.717) is 12.1 Å². The second-order valence-corrected chi connectivity index (χ2v) is 3.99. The number of benzene rings is 1. The van der Waals surface area contributed by atoms with Crippen molar-refractivity contribution in [2.24, 2.45) is 10.3 Å². The quantitative estimate of drug-likeness (QED) is 0.797. The Bertz CT molecular complexity index is 618. The normalized spacial score (nSPS) is 14.6.